The summed E-state index contributed by atoms with van der Waals surface area (Å²) in [7, 11) is 0. The minimum atomic E-state index is -4.82. The van der Waals surface area contributed by atoms with Crippen molar-refractivity contribution in [2.75, 3.05) is 4.90 Å². The molecular weight excluding hydrogens is 457 g/mol. The third-order valence-corrected chi connectivity index (χ3v) is 7.28. The van der Waals surface area contributed by atoms with Crippen LogP contribution in [0.2, 0.25) is 0 Å². The molecule has 2 N–H and O–H groups in total. The third-order valence-electron chi connectivity index (χ3n) is 7.28. The highest BCUT2D eigenvalue weighted by Gasteiger charge is 2.51. The van der Waals surface area contributed by atoms with Crippen molar-refractivity contribution < 1.29 is 37.0 Å². The van der Waals surface area contributed by atoms with Crippen LogP contribution in [0.15, 0.2) is 42.5 Å². The molecule has 184 valence electrons. The Hall–Kier alpha value is -2.68. The van der Waals surface area contributed by atoms with E-state index in [9.17, 15) is 37.0 Å². The Morgan fingerprint density at radius 2 is 1.53 bits per heavy atom. The molecule has 2 aliphatic carbocycles. The number of halogens is 5. The Kier molecular flexibility index (Phi) is 6.12. The maximum atomic E-state index is 14.5. The number of carboxylic acids is 1. The lowest BCUT2D eigenvalue weighted by molar-refractivity contribution is -0.258. The molecule has 0 bridgehead atoms. The summed E-state index contributed by atoms with van der Waals surface area (Å²) in [6.45, 7) is 0.710. The van der Waals surface area contributed by atoms with Crippen LogP contribution in [0.3, 0.4) is 0 Å². The second-order valence-corrected chi connectivity index (χ2v) is 9.50. The van der Waals surface area contributed by atoms with E-state index < -0.39 is 34.8 Å². The summed E-state index contributed by atoms with van der Waals surface area (Å²) in [6, 6.07) is 8.69. The molecule has 4 nitrogen and oxygen atoms in total. The number of anilines is 1. The van der Waals surface area contributed by atoms with Crippen LogP contribution in [0.1, 0.15) is 56.6 Å². The summed E-state index contributed by atoms with van der Waals surface area (Å²) >= 11 is 0. The van der Waals surface area contributed by atoms with E-state index >= 15 is 0 Å². The lowest BCUT2D eigenvalue weighted by atomic mass is 9.67. The molecule has 2 aliphatic rings. The predicted molar refractivity (Wildman–Crippen MR) is 115 cm³/mol. The van der Waals surface area contributed by atoms with Gasteiger partial charge in [0.1, 0.15) is 11.6 Å². The Morgan fingerprint density at radius 1 is 0.971 bits per heavy atom. The van der Waals surface area contributed by atoms with Gasteiger partial charge >= 0.3 is 12.1 Å². The summed E-state index contributed by atoms with van der Waals surface area (Å²) in [6.07, 6.45) is -1.82. The number of hydrogen-bond acceptors (Lipinski definition) is 3. The lowest BCUT2D eigenvalue weighted by Gasteiger charge is -2.43. The molecular formula is C25H26F5NO3. The second-order valence-electron chi connectivity index (χ2n) is 9.50. The topological polar surface area (TPSA) is 60.8 Å². The Bertz CT molecular complexity index is 1060. The van der Waals surface area contributed by atoms with Gasteiger partial charge < -0.3 is 15.1 Å². The number of carboxylic acid groups (broad SMARTS) is 1. The Balaban J connectivity index is 1.57. The molecule has 2 fully saturated rings. The summed E-state index contributed by atoms with van der Waals surface area (Å²) in [5, 5.41) is 19.9. The average Bonchev–Trinajstić information content (AvgIpc) is 3.59. The van der Waals surface area contributed by atoms with E-state index in [1.54, 1.807) is 12.1 Å². The predicted octanol–water partition coefficient (Wildman–Crippen LogP) is 5.67. The SMILES string of the molecule is C[C@](O)(c1ccc(N(C2CC2)C2CCC(C(=O)O)(c3ccc(F)cc3F)CC2)cc1)C(F)(F)F. The molecule has 0 heterocycles. The highest BCUT2D eigenvalue weighted by atomic mass is 19.4. The van der Waals surface area contributed by atoms with Crippen LogP contribution in [0.5, 0.6) is 0 Å². The first-order valence-electron chi connectivity index (χ1n) is 11.2. The van der Waals surface area contributed by atoms with Gasteiger partial charge in [0.2, 0.25) is 0 Å². The first kappa shape index (κ1) is 24.4. The van der Waals surface area contributed by atoms with Gasteiger partial charge in [-0.25, -0.2) is 8.78 Å². The molecule has 2 aromatic rings. The highest BCUT2D eigenvalue weighted by molar-refractivity contribution is 5.81. The maximum absolute atomic E-state index is 14.5. The van der Waals surface area contributed by atoms with E-state index in [4.69, 9.17) is 0 Å². The number of rotatable bonds is 6. The zero-order valence-electron chi connectivity index (χ0n) is 18.6. The van der Waals surface area contributed by atoms with Crippen molar-refractivity contribution in [2.45, 2.75) is 74.7 Å². The van der Waals surface area contributed by atoms with E-state index in [1.165, 1.54) is 18.2 Å². The van der Waals surface area contributed by atoms with Gasteiger partial charge in [-0.1, -0.05) is 18.2 Å². The summed E-state index contributed by atoms with van der Waals surface area (Å²) in [5.41, 5.74) is -4.03. The van der Waals surface area contributed by atoms with Crippen molar-refractivity contribution in [3.8, 4) is 0 Å². The van der Waals surface area contributed by atoms with E-state index in [1.807, 2.05) is 0 Å². The minimum absolute atomic E-state index is 0.0310. The van der Waals surface area contributed by atoms with Crippen LogP contribution >= 0.6 is 0 Å². The van der Waals surface area contributed by atoms with E-state index in [0.717, 1.165) is 18.9 Å². The van der Waals surface area contributed by atoms with Crippen molar-refractivity contribution in [3.05, 3.63) is 65.2 Å². The maximum Gasteiger partial charge on any atom is 0.421 e. The van der Waals surface area contributed by atoms with Crippen molar-refractivity contribution in [1.82, 2.24) is 0 Å². The van der Waals surface area contributed by atoms with Crippen LogP contribution in [-0.2, 0) is 15.8 Å². The molecule has 0 spiro atoms. The standard InChI is InChI=1S/C25H26F5NO3/c1-23(34,25(28,29)30)15-2-5-17(6-3-15)31(18-7-8-18)19-10-12-24(13-11-19,22(32)33)20-9-4-16(26)14-21(20)27/h2-6,9,14,18-19,34H,7-8,10-13H2,1H3,(H,32,33)/t19?,23-,24?/m0/s1. The van der Waals surface area contributed by atoms with Gasteiger partial charge in [-0.15, -0.1) is 0 Å². The fourth-order valence-electron chi connectivity index (χ4n) is 5.04. The number of nitrogens with zero attached hydrogens (tertiary/aromatic N) is 1. The zero-order chi connectivity index (χ0) is 24.9. The summed E-state index contributed by atoms with van der Waals surface area (Å²) in [5.74, 6) is -2.82. The van der Waals surface area contributed by atoms with Gasteiger partial charge in [0.05, 0.1) is 5.41 Å². The van der Waals surface area contributed by atoms with Crippen molar-refractivity contribution in [2.24, 2.45) is 0 Å². The van der Waals surface area contributed by atoms with Gasteiger partial charge in [0.15, 0.2) is 5.60 Å². The molecule has 0 amide bonds. The molecule has 2 aromatic carbocycles. The Morgan fingerprint density at radius 3 is 2.00 bits per heavy atom. The van der Waals surface area contributed by atoms with Crippen LogP contribution in [0.4, 0.5) is 27.6 Å². The molecule has 0 saturated heterocycles. The third kappa shape index (κ3) is 4.26. The quantitative estimate of drug-likeness (QED) is 0.520. The van der Waals surface area contributed by atoms with Crippen molar-refractivity contribution >= 4 is 11.7 Å². The fourth-order valence-corrected chi connectivity index (χ4v) is 5.04. The van der Waals surface area contributed by atoms with Crippen molar-refractivity contribution in [3.63, 3.8) is 0 Å². The van der Waals surface area contributed by atoms with E-state index in [2.05, 4.69) is 4.90 Å². The molecule has 0 unspecified atom stereocenters. The number of aliphatic carboxylic acids is 1. The summed E-state index contributed by atoms with van der Waals surface area (Å²) in [4.78, 5) is 14.3. The lowest BCUT2D eigenvalue weighted by Crippen LogP contribution is -2.47. The Labute approximate surface area is 194 Å². The first-order chi connectivity index (χ1) is 15.9. The number of aliphatic hydroxyl groups is 1. The van der Waals surface area contributed by atoms with Gasteiger partial charge in [0.25, 0.3) is 0 Å². The fraction of sp³-hybridized carbons (Fsp3) is 0.480. The molecule has 9 heteroatoms. The number of carbonyl (C=O) groups is 1. The normalized spacial score (nSPS) is 25.0. The minimum Gasteiger partial charge on any atom is -0.481 e. The monoisotopic (exact) mass is 483 g/mol. The smallest absolute Gasteiger partial charge is 0.421 e. The van der Waals surface area contributed by atoms with Crippen LogP contribution < -0.4 is 4.90 Å². The molecule has 1 atom stereocenters. The van der Waals surface area contributed by atoms with Gasteiger partial charge in [-0.2, -0.15) is 13.2 Å². The van der Waals surface area contributed by atoms with Gasteiger partial charge in [-0.3, -0.25) is 4.79 Å². The molecule has 0 radical (unpaired) electrons. The largest absolute Gasteiger partial charge is 0.481 e. The van der Waals surface area contributed by atoms with Gasteiger partial charge in [-0.05, 0) is 69.2 Å². The van der Waals surface area contributed by atoms with Crippen molar-refractivity contribution in [1.29, 1.82) is 0 Å². The number of benzene rings is 2. The molecule has 4 rings (SSSR count). The van der Waals surface area contributed by atoms with Crippen LogP contribution in [0, 0.1) is 11.6 Å². The number of alkyl halides is 3. The highest BCUT2D eigenvalue weighted by Crippen LogP contribution is 2.46. The molecule has 34 heavy (non-hydrogen) atoms. The average molecular weight is 483 g/mol. The van der Waals surface area contributed by atoms with Crippen LogP contribution in [-0.4, -0.2) is 34.4 Å². The summed E-state index contributed by atoms with van der Waals surface area (Å²) < 4.78 is 67.4. The molecule has 0 aromatic heterocycles. The second kappa shape index (κ2) is 8.52. The number of hydrogen-bond donors (Lipinski definition) is 2. The first-order valence-corrected chi connectivity index (χ1v) is 11.2. The van der Waals surface area contributed by atoms with Gasteiger partial charge in [0, 0.05) is 29.4 Å². The van der Waals surface area contributed by atoms with E-state index in [0.29, 0.717) is 31.5 Å². The molecule has 0 aliphatic heterocycles. The molecule has 2 saturated carbocycles. The van der Waals surface area contributed by atoms with E-state index in [-0.39, 0.29) is 36.1 Å². The van der Waals surface area contributed by atoms with Crippen LogP contribution in [0.25, 0.3) is 0 Å². The zero-order valence-corrected chi connectivity index (χ0v) is 18.6.